The Balaban J connectivity index is 1.36. The van der Waals surface area contributed by atoms with Crippen molar-refractivity contribution in [1.82, 2.24) is 0 Å². The molecule has 0 radical (unpaired) electrons. The first-order valence-corrected chi connectivity index (χ1v) is 12.8. The molecule has 0 heterocycles. The van der Waals surface area contributed by atoms with Crippen LogP contribution < -0.4 is 0 Å². The van der Waals surface area contributed by atoms with Gasteiger partial charge in [-0.25, -0.2) is 8.78 Å². The molecule has 2 aromatic rings. The Morgan fingerprint density at radius 1 is 0.758 bits per heavy atom. The highest BCUT2D eigenvalue weighted by Crippen LogP contribution is 2.45. The summed E-state index contributed by atoms with van der Waals surface area (Å²) in [5.74, 6) is 0.0602. The third-order valence-corrected chi connectivity index (χ3v) is 8.28. The molecule has 0 unspecified atom stereocenters. The molecule has 0 saturated heterocycles. The van der Waals surface area contributed by atoms with Gasteiger partial charge in [-0.15, -0.1) is 0 Å². The SMILES string of the molecule is FCCC1CCC(C2CCC(c3ccc(-c4cc(F)c(C(F)(F)Br)c(F)c4)cc3)CC2)CC1. The van der Waals surface area contributed by atoms with E-state index in [4.69, 9.17) is 0 Å². The molecule has 2 aromatic carbocycles. The van der Waals surface area contributed by atoms with Crippen molar-refractivity contribution in [3.63, 3.8) is 0 Å². The fraction of sp³-hybridized carbons (Fsp3) is 0.556. The maximum Gasteiger partial charge on any atom is 0.332 e. The van der Waals surface area contributed by atoms with Crippen LogP contribution in [-0.2, 0) is 4.83 Å². The molecule has 0 N–H and O–H groups in total. The minimum atomic E-state index is -3.75. The van der Waals surface area contributed by atoms with Gasteiger partial charge in [-0.2, -0.15) is 8.78 Å². The summed E-state index contributed by atoms with van der Waals surface area (Å²) in [5, 5.41) is 0. The average molecular weight is 529 g/mol. The standard InChI is InChI=1S/C27H30BrF5/c28-27(32,33)26-24(30)15-23(16-25(26)31)22-11-9-21(10-12-22)20-7-5-19(6-8-20)18-3-1-17(2-4-18)13-14-29/h9-12,15-20H,1-8,13-14H2. The number of alkyl halides is 4. The van der Waals surface area contributed by atoms with Crippen LogP contribution in [0.4, 0.5) is 22.0 Å². The van der Waals surface area contributed by atoms with Crippen LogP contribution >= 0.6 is 15.9 Å². The Bertz CT molecular complexity index is 898. The Morgan fingerprint density at radius 2 is 1.27 bits per heavy atom. The highest BCUT2D eigenvalue weighted by molar-refractivity contribution is 9.09. The molecule has 6 heteroatoms. The Hall–Kier alpha value is -1.43. The van der Waals surface area contributed by atoms with E-state index in [1.54, 1.807) is 0 Å². The van der Waals surface area contributed by atoms with Gasteiger partial charge in [0.05, 0.1) is 6.67 Å². The zero-order chi connectivity index (χ0) is 23.6. The summed E-state index contributed by atoms with van der Waals surface area (Å²) < 4.78 is 67.7. The maximum atomic E-state index is 14.1. The van der Waals surface area contributed by atoms with Crippen LogP contribution in [0, 0.1) is 29.4 Å². The molecule has 0 aromatic heterocycles. The van der Waals surface area contributed by atoms with Crippen molar-refractivity contribution >= 4 is 15.9 Å². The van der Waals surface area contributed by atoms with Gasteiger partial charge in [-0.1, -0.05) is 37.1 Å². The molecule has 0 amide bonds. The molecule has 0 bridgehead atoms. The Labute approximate surface area is 201 Å². The third-order valence-electron chi connectivity index (χ3n) is 7.89. The molecule has 2 aliphatic rings. The maximum absolute atomic E-state index is 14.1. The Morgan fingerprint density at radius 3 is 1.76 bits per heavy atom. The number of rotatable bonds is 6. The second-order valence-corrected chi connectivity index (χ2v) is 10.8. The third kappa shape index (κ3) is 5.80. The van der Waals surface area contributed by atoms with E-state index in [1.807, 2.05) is 40.2 Å². The molecule has 0 spiro atoms. The number of halogens is 6. The van der Waals surface area contributed by atoms with Gasteiger partial charge in [0, 0.05) is 0 Å². The smallest absolute Gasteiger partial charge is 0.251 e. The number of hydrogen-bond donors (Lipinski definition) is 0. The average Bonchev–Trinajstić information content (AvgIpc) is 2.79. The summed E-state index contributed by atoms with van der Waals surface area (Å²) in [4.78, 5) is -3.75. The summed E-state index contributed by atoms with van der Waals surface area (Å²) in [6, 6.07) is 9.52. The predicted octanol–water partition coefficient (Wildman–Crippen LogP) is 9.52. The molecule has 33 heavy (non-hydrogen) atoms. The zero-order valence-corrected chi connectivity index (χ0v) is 20.2. The summed E-state index contributed by atoms with van der Waals surface area (Å²) in [7, 11) is 0. The molecular weight excluding hydrogens is 499 g/mol. The van der Waals surface area contributed by atoms with Gasteiger partial charge in [0.25, 0.3) is 0 Å². The lowest BCUT2D eigenvalue weighted by atomic mass is 9.68. The predicted molar refractivity (Wildman–Crippen MR) is 125 cm³/mol. The molecule has 180 valence electrons. The van der Waals surface area contributed by atoms with E-state index in [2.05, 4.69) is 0 Å². The minimum absolute atomic E-state index is 0.193. The lowest BCUT2D eigenvalue weighted by Gasteiger charge is -2.38. The van der Waals surface area contributed by atoms with Crippen molar-refractivity contribution in [1.29, 1.82) is 0 Å². The van der Waals surface area contributed by atoms with Crippen LogP contribution in [0.1, 0.15) is 74.8 Å². The van der Waals surface area contributed by atoms with Crippen LogP contribution in [0.5, 0.6) is 0 Å². The molecule has 2 aliphatic carbocycles. The molecule has 4 rings (SSSR count). The van der Waals surface area contributed by atoms with Gasteiger partial charge in [0.2, 0.25) is 0 Å². The first-order chi connectivity index (χ1) is 15.8. The zero-order valence-electron chi connectivity index (χ0n) is 18.6. The largest absolute Gasteiger partial charge is 0.332 e. The molecular formula is C27H30BrF5. The van der Waals surface area contributed by atoms with Crippen LogP contribution in [-0.4, -0.2) is 6.67 Å². The number of hydrogen-bond acceptors (Lipinski definition) is 0. The van der Waals surface area contributed by atoms with Crippen LogP contribution in [0.3, 0.4) is 0 Å². The van der Waals surface area contributed by atoms with Crippen LogP contribution in [0.15, 0.2) is 36.4 Å². The molecule has 2 saturated carbocycles. The van der Waals surface area contributed by atoms with Crippen molar-refractivity contribution in [2.75, 3.05) is 6.67 Å². The van der Waals surface area contributed by atoms with E-state index in [9.17, 15) is 22.0 Å². The van der Waals surface area contributed by atoms with Gasteiger partial charge in [-0.05, 0) is 113 Å². The van der Waals surface area contributed by atoms with E-state index >= 15 is 0 Å². The number of benzene rings is 2. The van der Waals surface area contributed by atoms with Gasteiger partial charge < -0.3 is 0 Å². The minimum Gasteiger partial charge on any atom is -0.251 e. The van der Waals surface area contributed by atoms with E-state index in [0.29, 0.717) is 17.4 Å². The van der Waals surface area contributed by atoms with Crippen molar-refractivity contribution < 1.29 is 22.0 Å². The highest BCUT2D eigenvalue weighted by Gasteiger charge is 2.35. The van der Waals surface area contributed by atoms with E-state index in [0.717, 1.165) is 43.2 Å². The van der Waals surface area contributed by atoms with Gasteiger partial charge in [-0.3, -0.25) is 4.39 Å². The first-order valence-electron chi connectivity index (χ1n) is 12.0. The van der Waals surface area contributed by atoms with Gasteiger partial charge in [0.15, 0.2) is 0 Å². The summed E-state index contributed by atoms with van der Waals surface area (Å²) >= 11 is 2.03. The fourth-order valence-electron chi connectivity index (χ4n) is 5.98. The molecule has 0 aliphatic heterocycles. The normalized spacial score (nSPS) is 26.4. The van der Waals surface area contributed by atoms with E-state index < -0.39 is 22.0 Å². The van der Waals surface area contributed by atoms with Gasteiger partial charge >= 0.3 is 4.83 Å². The molecule has 0 nitrogen and oxygen atoms in total. The quantitative estimate of drug-likeness (QED) is 0.258. The lowest BCUT2D eigenvalue weighted by molar-refractivity contribution is 0.105. The van der Waals surface area contributed by atoms with Gasteiger partial charge in [0.1, 0.15) is 17.2 Å². The van der Waals surface area contributed by atoms with Crippen molar-refractivity contribution in [2.45, 2.75) is 68.5 Å². The van der Waals surface area contributed by atoms with E-state index in [-0.39, 0.29) is 12.2 Å². The molecule has 2 fully saturated rings. The van der Waals surface area contributed by atoms with E-state index in [1.165, 1.54) is 44.1 Å². The lowest BCUT2D eigenvalue weighted by Crippen LogP contribution is -2.25. The fourth-order valence-corrected chi connectivity index (χ4v) is 6.36. The molecule has 0 atom stereocenters. The van der Waals surface area contributed by atoms with Crippen molar-refractivity contribution in [3.05, 3.63) is 59.2 Å². The van der Waals surface area contributed by atoms with Crippen molar-refractivity contribution in [2.24, 2.45) is 17.8 Å². The van der Waals surface area contributed by atoms with Crippen LogP contribution in [0.25, 0.3) is 11.1 Å². The summed E-state index contributed by atoms with van der Waals surface area (Å²) in [5.41, 5.74) is 0.785. The monoisotopic (exact) mass is 528 g/mol. The topological polar surface area (TPSA) is 0 Å². The Kier molecular flexibility index (Phi) is 7.82. The second kappa shape index (κ2) is 10.5. The van der Waals surface area contributed by atoms with Crippen LogP contribution in [0.2, 0.25) is 0 Å². The second-order valence-electron chi connectivity index (χ2n) is 9.80. The summed E-state index contributed by atoms with van der Waals surface area (Å²) in [6.45, 7) is -0.193. The summed E-state index contributed by atoms with van der Waals surface area (Å²) in [6.07, 6.45) is 10.2. The van der Waals surface area contributed by atoms with Crippen molar-refractivity contribution in [3.8, 4) is 11.1 Å². The first kappa shape index (κ1) is 24.7. The highest BCUT2D eigenvalue weighted by atomic mass is 79.9.